The van der Waals surface area contributed by atoms with Crippen LogP contribution in [-0.4, -0.2) is 12.0 Å². The third kappa shape index (κ3) is 3.21. The van der Waals surface area contributed by atoms with Crippen molar-refractivity contribution in [3.8, 4) is 5.75 Å². The number of carbonyl (C=O) groups is 1. The summed E-state index contributed by atoms with van der Waals surface area (Å²) in [6.45, 7) is 0. The molecule has 0 aliphatic heterocycles. The van der Waals surface area contributed by atoms with Gasteiger partial charge in [0.1, 0.15) is 11.6 Å². The predicted octanol–water partition coefficient (Wildman–Crippen LogP) is 4.01. The molecule has 2 aromatic carbocycles. The molecule has 0 heterocycles. The smallest absolute Gasteiger partial charge is 0.258 e. The van der Waals surface area contributed by atoms with Crippen LogP contribution in [0.15, 0.2) is 48.5 Å². The van der Waals surface area contributed by atoms with Gasteiger partial charge in [0, 0.05) is 5.69 Å². The van der Waals surface area contributed by atoms with Gasteiger partial charge in [0.2, 0.25) is 0 Å². The molecule has 108 valence electrons. The van der Waals surface area contributed by atoms with Crippen molar-refractivity contribution in [1.29, 1.82) is 0 Å². The van der Waals surface area contributed by atoms with E-state index in [1.54, 1.807) is 24.3 Å². The number of benzene rings is 2. The van der Waals surface area contributed by atoms with Crippen LogP contribution in [0.3, 0.4) is 0 Å². The quantitative estimate of drug-likeness (QED) is 0.921. The summed E-state index contributed by atoms with van der Waals surface area (Å²) in [5.41, 5.74) is 0.650. The fourth-order valence-electron chi connectivity index (χ4n) is 2.14. The molecule has 21 heavy (non-hydrogen) atoms. The maximum atomic E-state index is 13.5. The normalized spacial score (nSPS) is 14.3. The average Bonchev–Trinajstić information content (AvgIpc) is 2.45. The van der Waals surface area contributed by atoms with Gasteiger partial charge in [0.25, 0.3) is 5.91 Å². The fraction of sp³-hybridized carbons (Fsp3) is 0.235. The minimum atomic E-state index is -0.528. The van der Waals surface area contributed by atoms with E-state index in [2.05, 4.69) is 5.32 Å². The van der Waals surface area contributed by atoms with Gasteiger partial charge in [0.15, 0.2) is 0 Å². The molecule has 1 aliphatic carbocycles. The van der Waals surface area contributed by atoms with Crippen molar-refractivity contribution < 1.29 is 13.9 Å². The molecular formula is C17H16FNO2. The van der Waals surface area contributed by atoms with Crippen LogP contribution in [0.5, 0.6) is 5.75 Å². The minimum Gasteiger partial charge on any atom is -0.490 e. The van der Waals surface area contributed by atoms with Gasteiger partial charge in [-0.05, 0) is 55.7 Å². The van der Waals surface area contributed by atoms with Crippen LogP contribution in [0.25, 0.3) is 0 Å². The summed E-state index contributed by atoms with van der Waals surface area (Å²) in [7, 11) is 0. The second-order valence-electron chi connectivity index (χ2n) is 5.13. The SMILES string of the molecule is O=C(Nc1ccc(OC2CCC2)cc1)c1ccccc1F. The van der Waals surface area contributed by atoms with E-state index < -0.39 is 11.7 Å². The van der Waals surface area contributed by atoms with Crippen molar-refractivity contribution in [1.82, 2.24) is 0 Å². The van der Waals surface area contributed by atoms with Gasteiger partial charge >= 0.3 is 0 Å². The molecule has 1 amide bonds. The minimum absolute atomic E-state index is 0.0345. The Labute approximate surface area is 122 Å². The Bertz CT molecular complexity index is 635. The zero-order chi connectivity index (χ0) is 14.7. The Hall–Kier alpha value is -2.36. The number of amides is 1. The summed E-state index contributed by atoms with van der Waals surface area (Å²) in [6.07, 6.45) is 3.75. The van der Waals surface area contributed by atoms with E-state index in [0.717, 1.165) is 18.6 Å². The number of nitrogens with one attached hydrogen (secondary N) is 1. The first-order valence-corrected chi connectivity index (χ1v) is 7.05. The first-order valence-electron chi connectivity index (χ1n) is 7.05. The van der Waals surface area contributed by atoms with Crippen molar-refractivity contribution >= 4 is 11.6 Å². The molecule has 1 N–H and O–H groups in total. The van der Waals surface area contributed by atoms with E-state index in [-0.39, 0.29) is 5.56 Å². The molecule has 0 radical (unpaired) electrons. The highest BCUT2D eigenvalue weighted by atomic mass is 19.1. The summed E-state index contributed by atoms with van der Waals surface area (Å²) in [4.78, 5) is 12.0. The van der Waals surface area contributed by atoms with Crippen molar-refractivity contribution in [2.24, 2.45) is 0 Å². The number of rotatable bonds is 4. The van der Waals surface area contributed by atoms with Crippen LogP contribution in [-0.2, 0) is 0 Å². The average molecular weight is 285 g/mol. The van der Waals surface area contributed by atoms with Crippen molar-refractivity contribution in [2.75, 3.05) is 5.32 Å². The van der Waals surface area contributed by atoms with E-state index in [0.29, 0.717) is 11.8 Å². The highest BCUT2D eigenvalue weighted by Crippen LogP contribution is 2.26. The first-order chi connectivity index (χ1) is 10.2. The van der Waals surface area contributed by atoms with Crippen LogP contribution in [0.1, 0.15) is 29.6 Å². The van der Waals surface area contributed by atoms with Crippen LogP contribution < -0.4 is 10.1 Å². The molecule has 1 aliphatic rings. The van der Waals surface area contributed by atoms with Gasteiger partial charge in [-0.3, -0.25) is 4.79 Å². The molecule has 2 aromatic rings. The fourth-order valence-corrected chi connectivity index (χ4v) is 2.14. The lowest BCUT2D eigenvalue weighted by molar-refractivity contribution is 0.102. The van der Waals surface area contributed by atoms with Gasteiger partial charge in [0.05, 0.1) is 11.7 Å². The summed E-state index contributed by atoms with van der Waals surface area (Å²) >= 11 is 0. The summed E-state index contributed by atoms with van der Waals surface area (Å²) in [5.74, 6) is -0.190. The number of halogens is 1. The van der Waals surface area contributed by atoms with Crippen molar-refractivity contribution in [3.63, 3.8) is 0 Å². The number of ether oxygens (including phenoxy) is 1. The van der Waals surface area contributed by atoms with Gasteiger partial charge in [-0.1, -0.05) is 12.1 Å². The second kappa shape index (κ2) is 5.95. The molecule has 0 saturated heterocycles. The Morgan fingerprint density at radius 3 is 2.43 bits per heavy atom. The predicted molar refractivity (Wildman–Crippen MR) is 79.1 cm³/mol. The lowest BCUT2D eigenvalue weighted by atomic mass is 9.96. The van der Waals surface area contributed by atoms with Crippen LogP contribution in [0.4, 0.5) is 10.1 Å². The van der Waals surface area contributed by atoms with E-state index in [1.807, 2.05) is 12.1 Å². The molecule has 0 spiro atoms. The number of hydrogen-bond acceptors (Lipinski definition) is 2. The van der Waals surface area contributed by atoms with Crippen molar-refractivity contribution in [2.45, 2.75) is 25.4 Å². The molecule has 1 fully saturated rings. The standard InChI is InChI=1S/C17H16FNO2/c18-16-7-2-1-6-15(16)17(20)19-12-8-10-14(11-9-12)21-13-4-3-5-13/h1-2,6-11,13H,3-5H2,(H,19,20). The monoisotopic (exact) mass is 285 g/mol. The third-order valence-electron chi connectivity index (χ3n) is 3.59. The number of carbonyl (C=O) groups excluding carboxylic acids is 1. The van der Waals surface area contributed by atoms with Crippen LogP contribution >= 0.6 is 0 Å². The number of anilines is 1. The van der Waals surface area contributed by atoms with Crippen LogP contribution in [0, 0.1) is 5.82 Å². The van der Waals surface area contributed by atoms with E-state index >= 15 is 0 Å². The topological polar surface area (TPSA) is 38.3 Å². The maximum absolute atomic E-state index is 13.5. The Morgan fingerprint density at radius 2 is 1.81 bits per heavy atom. The number of hydrogen-bond donors (Lipinski definition) is 1. The van der Waals surface area contributed by atoms with E-state index in [9.17, 15) is 9.18 Å². The highest BCUT2D eigenvalue weighted by Gasteiger charge is 2.19. The Balaban J connectivity index is 1.64. The highest BCUT2D eigenvalue weighted by molar-refractivity contribution is 6.04. The Morgan fingerprint density at radius 1 is 1.10 bits per heavy atom. The third-order valence-corrected chi connectivity index (χ3v) is 3.59. The molecule has 0 aromatic heterocycles. The van der Waals surface area contributed by atoms with Gasteiger partial charge in [-0.25, -0.2) is 4.39 Å². The lowest BCUT2D eigenvalue weighted by Gasteiger charge is -2.26. The summed E-state index contributed by atoms with van der Waals surface area (Å²) < 4.78 is 19.3. The van der Waals surface area contributed by atoms with E-state index in [4.69, 9.17) is 4.74 Å². The lowest BCUT2D eigenvalue weighted by Crippen LogP contribution is -2.24. The van der Waals surface area contributed by atoms with E-state index in [1.165, 1.54) is 18.6 Å². The van der Waals surface area contributed by atoms with Gasteiger partial charge < -0.3 is 10.1 Å². The molecule has 3 nitrogen and oxygen atoms in total. The second-order valence-corrected chi connectivity index (χ2v) is 5.13. The first kappa shape index (κ1) is 13.6. The van der Waals surface area contributed by atoms with Gasteiger partial charge in [-0.15, -0.1) is 0 Å². The molecule has 3 rings (SSSR count). The molecule has 0 atom stereocenters. The maximum Gasteiger partial charge on any atom is 0.258 e. The molecule has 0 bridgehead atoms. The molecule has 0 unspecified atom stereocenters. The largest absolute Gasteiger partial charge is 0.490 e. The molecule has 4 heteroatoms. The Kier molecular flexibility index (Phi) is 3.86. The molecular weight excluding hydrogens is 269 g/mol. The zero-order valence-corrected chi connectivity index (χ0v) is 11.5. The molecule has 1 saturated carbocycles. The van der Waals surface area contributed by atoms with Crippen molar-refractivity contribution in [3.05, 3.63) is 59.9 Å². The summed E-state index contributed by atoms with van der Waals surface area (Å²) in [5, 5.41) is 2.67. The van der Waals surface area contributed by atoms with Crippen LogP contribution in [0.2, 0.25) is 0 Å². The summed E-state index contributed by atoms with van der Waals surface area (Å²) in [6, 6.07) is 13.1. The zero-order valence-electron chi connectivity index (χ0n) is 11.5. The van der Waals surface area contributed by atoms with Gasteiger partial charge in [-0.2, -0.15) is 0 Å².